The molecule has 0 bridgehead atoms. The SMILES string of the molecule is CCOC(=O)c1ccc(-c2cnccc2N)cc1. The lowest BCUT2D eigenvalue weighted by Crippen LogP contribution is -2.04. The summed E-state index contributed by atoms with van der Waals surface area (Å²) in [5, 5.41) is 0. The number of anilines is 1. The molecule has 1 heterocycles. The molecule has 2 rings (SSSR count). The molecule has 0 saturated heterocycles. The number of pyridine rings is 1. The van der Waals surface area contributed by atoms with Gasteiger partial charge in [0, 0.05) is 23.6 Å². The maximum Gasteiger partial charge on any atom is 0.338 e. The Hall–Kier alpha value is -2.36. The molecular weight excluding hydrogens is 228 g/mol. The second kappa shape index (κ2) is 5.31. The zero-order valence-electron chi connectivity index (χ0n) is 10.1. The van der Waals surface area contributed by atoms with Crippen LogP contribution in [0.3, 0.4) is 0 Å². The van der Waals surface area contributed by atoms with Crippen molar-refractivity contribution in [3.8, 4) is 11.1 Å². The van der Waals surface area contributed by atoms with Crippen molar-refractivity contribution in [2.24, 2.45) is 0 Å². The molecule has 4 nitrogen and oxygen atoms in total. The zero-order chi connectivity index (χ0) is 13.0. The number of hydrogen-bond donors (Lipinski definition) is 1. The van der Waals surface area contributed by atoms with Gasteiger partial charge >= 0.3 is 5.97 Å². The molecule has 0 fully saturated rings. The van der Waals surface area contributed by atoms with Crippen molar-refractivity contribution >= 4 is 11.7 Å². The third-order valence-electron chi connectivity index (χ3n) is 2.56. The van der Waals surface area contributed by atoms with Gasteiger partial charge in [-0.3, -0.25) is 4.98 Å². The number of nitrogens with two attached hydrogens (primary N) is 1. The van der Waals surface area contributed by atoms with Crippen molar-refractivity contribution in [1.82, 2.24) is 4.98 Å². The second-order valence-corrected chi connectivity index (χ2v) is 3.76. The van der Waals surface area contributed by atoms with Crippen LogP contribution in [0.25, 0.3) is 11.1 Å². The number of rotatable bonds is 3. The van der Waals surface area contributed by atoms with Crippen LogP contribution in [0, 0.1) is 0 Å². The molecule has 1 aromatic carbocycles. The normalized spacial score (nSPS) is 10.1. The Kier molecular flexibility index (Phi) is 3.57. The Morgan fingerprint density at radius 3 is 2.61 bits per heavy atom. The van der Waals surface area contributed by atoms with E-state index in [0.717, 1.165) is 11.1 Å². The van der Waals surface area contributed by atoms with E-state index >= 15 is 0 Å². The van der Waals surface area contributed by atoms with Gasteiger partial charge in [0.25, 0.3) is 0 Å². The van der Waals surface area contributed by atoms with Crippen LogP contribution >= 0.6 is 0 Å². The number of carbonyl (C=O) groups excluding carboxylic acids is 1. The van der Waals surface area contributed by atoms with Gasteiger partial charge in [0.15, 0.2) is 0 Å². The number of benzene rings is 1. The van der Waals surface area contributed by atoms with Crippen molar-refractivity contribution in [2.75, 3.05) is 12.3 Å². The third-order valence-corrected chi connectivity index (χ3v) is 2.56. The van der Waals surface area contributed by atoms with E-state index in [4.69, 9.17) is 10.5 Å². The number of ether oxygens (including phenoxy) is 1. The Bertz CT molecular complexity index is 550. The summed E-state index contributed by atoms with van der Waals surface area (Å²) >= 11 is 0. The van der Waals surface area contributed by atoms with Crippen LogP contribution in [0.5, 0.6) is 0 Å². The Morgan fingerprint density at radius 2 is 2.00 bits per heavy atom. The predicted molar refractivity (Wildman–Crippen MR) is 70.0 cm³/mol. The first-order valence-electron chi connectivity index (χ1n) is 5.69. The topological polar surface area (TPSA) is 65.2 Å². The van der Waals surface area contributed by atoms with Gasteiger partial charge < -0.3 is 10.5 Å². The van der Waals surface area contributed by atoms with Gasteiger partial charge in [-0.15, -0.1) is 0 Å². The lowest BCUT2D eigenvalue weighted by Gasteiger charge is -2.06. The van der Waals surface area contributed by atoms with Gasteiger partial charge in [-0.25, -0.2) is 4.79 Å². The summed E-state index contributed by atoms with van der Waals surface area (Å²) in [4.78, 5) is 15.5. The maximum atomic E-state index is 11.5. The van der Waals surface area contributed by atoms with Crippen LogP contribution in [0.4, 0.5) is 5.69 Å². The lowest BCUT2D eigenvalue weighted by molar-refractivity contribution is 0.0526. The minimum absolute atomic E-state index is 0.316. The van der Waals surface area contributed by atoms with Crippen molar-refractivity contribution in [1.29, 1.82) is 0 Å². The highest BCUT2D eigenvalue weighted by Gasteiger charge is 2.07. The smallest absolute Gasteiger partial charge is 0.338 e. The number of esters is 1. The monoisotopic (exact) mass is 242 g/mol. The molecule has 0 unspecified atom stereocenters. The highest BCUT2D eigenvalue weighted by Crippen LogP contribution is 2.24. The molecule has 2 N–H and O–H groups in total. The minimum Gasteiger partial charge on any atom is -0.462 e. The minimum atomic E-state index is -0.316. The molecular formula is C14H14N2O2. The van der Waals surface area contributed by atoms with Crippen LogP contribution in [0.2, 0.25) is 0 Å². The summed E-state index contributed by atoms with van der Waals surface area (Å²) in [6.45, 7) is 2.15. The number of nitrogens with zero attached hydrogens (tertiary/aromatic N) is 1. The molecule has 2 aromatic rings. The molecule has 0 spiro atoms. The van der Waals surface area contributed by atoms with Crippen molar-refractivity contribution in [3.05, 3.63) is 48.3 Å². The van der Waals surface area contributed by atoms with Crippen molar-refractivity contribution in [2.45, 2.75) is 6.92 Å². The fourth-order valence-electron chi connectivity index (χ4n) is 1.65. The van der Waals surface area contributed by atoms with Gasteiger partial charge in [0.05, 0.1) is 12.2 Å². The predicted octanol–water partition coefficient (Wildman–Crippen LogP) is 2.51. The molecule has 0 aliphatic rings. The second-order valence-electron chi connectivity index (χ2n) is 3.76. The van der Waals surface area contributed by atoms with Crippen molar-refractivity contribution in [3.63, 3.8) is 0 Å². The van der Waals surface area contributed by atoms with Crippen LogP contribution in [-0.2, 0) is 4.74 Å². The van der Waals surface area contributed by atoms with E-state index in [2.05, 4.69) is 4.98 Å². The highest BCUT2D eigenvalue weighted by molar-refractivity contribution is 5.90. The molecule has 0 amide bonds. The number of hydrogen-bond acceptors (Lipinski definition) is 4. The largest absolute Gasteiger partial charge is 0.462 e. The van der Waals surface area contributed by atoms with Crippen molar-refractivity contribution < 1.29 is 9.53 Å². The first-order valence-corrected chi connectivity index (χ1v) is 5.69. The van der Waals surface area contributed by atoms with Crippen LogP contribution in [-0.4, -0.2) is 17.6 Å². The van der Waals surface area contributed by atoms with Gasteiger partial charge in [-0.2, -0.15) is 0 Å². The van der Waals surface area contributed by atoms with E-state index in [1.807, 2.05) is 12.1 Å². The van der Waals surface area contributed by atoms with Gasteiger partial charge in [0.2, 0.25) is 0 Å². The molecule has 0 aliphatic heterocycles. The molecule has 4 heteroatoms. The summed E-state index contributed by atoms with van der Waals surface area (Å²) in [5.41, 5.74) is 8.84. The number of nitrogen functional groups attached to an aromatic ring is 1. The van der Waals surface area contributed by atoms with E-state index in [9.17, 15) is 4.79 Å². The lowest BCUT2D eigenvalue weighted by atomic mass is 10.0. The van der Waals surface area contributed by atoms with E-state index < -0.39 is 0 Å². The molecule has 0 radical (unpaired) electrons. The summed E-state index contributed by atoms with van der Waals surface area (Å²) in [5.74, 6) is -0.316. The fraction of sp³-hybridized carbons (Fsp3) is 0.143. The summed E-state index contributed by atoms with van der Waals surface area (Å²) < 4.78 is 4.92. The average molecular weight is 242 g/mol. The fourth-order valence-corrected chi connectivity index (χ4v) is 1.65. The first-order chi connectivity index (χ1) is 8.72. The highest BCUT2D eigenvalue weighted by atomic mass is 16.5. The van der Waals surface area contributed by atoms with Crippen LogP contribution < -0.4 is 5.73 Å². The van der Waals surface area contributed by atoms with Crippen LogP contribution in [0.1, 0.15) is 17.3 Å². The average Bonchev–Trinajstić information content (AvgIpc) is 2.40. The van der Waals surface area contributed by atoms with Gasteiger partial charge in [-0.05, 0) is 30.7 Å². The van der Waals surface area contributed by atoms with Gasteiger partial charge in [0.1, 0.15) is 0 Å². The number of aromatic nitrogens is 1. The standard InChI is InChI=1S/C14H14N2O2/c1-2-18-14(17)11-5-3-10(4-6-11)12-9-16-8-7-13(12)15/h3-9H,2H2,1H3,(H2,15,16). The summed E-state index contributed by atoms with van der Waals surface area (Å²) in [7, 11) is 0. The Morgan fingerprint density at radius 1 is 1.28 bits per heavy atom. The van der Waals surface area contributed by atoms with E-state index in [1.165, 1.54) is 0 Å². The number of carbonyl (C=O) groups is 1. The van der Waals surface area contributed by atoms with Gasteiger partial charge in [-0.1, -0.05) is 12.1 Å². The molecule has 92 valence electrons. The summed E-state index contributed by atoms with van der Waals surface area (Å²) in [6, 6.07) is 8.85. The molecule has 0 atom stereocenters. The first kappa shape index (κ1) is 12.1. The summed E-state index contributed by atoms with van der Waals surface area (Å²) in [6.07, 6.45) is 3.35. The van der Waals surface area contributed by atoms with E-state index in [0.29, 0.717) is 17.9 Å². The molecule has 0 saturated carbocycles. The van der Waals surface area contributed by atoms with E-state index in [-0.39, 0.29) is 5.97 Å². The molecule has 1 aromatic heterocycles. The zero-order valence-corrected chi connectivity index (χ0v) is 10.1. The van der Waals surface area contributed by atoms with E-state index in [1.54, 1.807) is 37.5 Å². The quantitative estimate of drug-likeness (QED) is 0.840. The van der Waals surface area contributed by atoms with Crippen LogP contribution in [0.15, 0.2) is 42.7 Å². The molecule has 18 heavy (non-hydrogen) atoms. The Balaban J connectivity index is 2.28. The third kappa shape index (κ3) is 2.48. The Labute approximate surface area is 105 Å². The maximum absolute atomic E-state index is 11.5. The molecule has 0 aliphatic carbocycles.